The number of nitro benzene ring substituents is 1. The van der Waals surface area contributed by atoms with E-state index < -0.39 is 20.9 Å². The van der Waals surface area contributed by atoms with E-state index in [1.165, 1.54) is 48.5 Å². The molecule has 3 aromatic rings. The van der Waals surface area contributed by atoms with Crippen LogP contribution in [-0.4, -0.2) is 19.2 Å². The third-order valence-electron chi connectivity index (χ3n) is 3.77. The molecule has 142 valence electrons. The van der Waals surface area contributed by atoms with Crippen LogP contribution in [0.5, 0.6) is 0 Å². The summed E-state index contributed by atoms with van der Waals surface area (Å²) in [6.07, 6.45) is 0. The molecule has 28 heavy (non-hydrogen) atoms. The molecular formula is C19H15N3O5S. The summed E-state index contributed by atoms with van der Waals surface area (Å²) in [6.45, 7) is 0. The van der Waals surface area contributed by atoms with Crippen molar-refractivity contribution >= 4 is 33.0 Å². The maximum atomic E-state index is 12.4. The van der Waals surface area contributed by atoms with Crippen molar-refractivity contribution < 1.29 is 18.1 Å². The van der Waals surface area contributed by atoms with Gasteiger partial charge in [-0.15, -0.1) is 0 Å². The van der Waals surface area contributed by atoms with Crippen LogP contribution in [-0.2, 0) is 10.0 Å². The van der Waals surface area contributed by atoms with Crippen molar-refractivity contribution in [3.8, 4) is 0 Å². The standard InChI is InChI=1S/C19H15N3O5S/c23-19(20-16-7-4-8-17(13-16)22(24)25)14-9-11-18(12-10-14)28(26,27)21-15-5-2-1-3-6-15/h1-13,21H,(H,20,23). The highest BCUT2D eigenvalue weighted by molar-refractivity contribution is 7.92. The number of hydrogen-bond acceptors (Lipinski definition) is 5. The Labute approximate surface area is 161 Å². The minimum absolute atomic E-state index is 0.00301. The van der Waals surface area contributed by atoms with Crippen LogP contribution in [0.4, 0.5) is 17.1 Å². The van der Waals surface area contributed by atoms with Crippen LogP contribution in [0.3, 0.4) is 0 Å². The van der Waals surface area contributed by atoms with Gasteiger partial charge in [0.05, 0.1) is 9.82 Å². The van der Waals surface area contributed by atoms with Gasteiger partial charge in [-0.1, -0.05) is 24.3 Å². The first-order valence-electron chi connectivity index (χ1n) is 8.09. The van der Waals surface area contributed by atoms with E-state index in [4.69, 9.17) is 0 Å². The molecule has 0 saturated carbocycles. The number of nitrogens with one attached hydrogen (secondary N) is 2. The Balaban J connectivity index is 1.74. The molecule has 0 heterocycles. The fraction of sp³-hybridized carbons (Fsp3) is 0. The number of para-hydroxylation sites is 1. The van der Waals surface area contributed by atoms with Gasteiger partial charge in [0.2, 0.25) is 0 Å². The largest absolute Gasteiger partial charge is 0.322 e. The van der Waals surface area contributed by atoms with Crippen LogP contribution in [0.25, 0.3) is 0 Å². The molecule has 2 N–H and O–H groups in total. The monoisotopic (exact) mass is 397 g/mol. The molecule has 0 aromatic heterocycles. The van der Waals surface area contributed by atoms with E-state index in [-0.39, 0.29) is 21.8 Å². The highest BCUT2D eigenvalue weighted by atomic mass is 32.2. The van der Waals surface area contributed by atoms with Crippen molar-refractivity contribution in [2.24, 2.45) is 0 Å². The topological polar surface area (TPSA) is 118 Å². The van der Waals surface area contributed by atoms with Crippen LogP contribution in [0.2, 0.25) is 0 Å². The average molecular weight is 397 g/mol. The Bertz CT molecular complexity index is 1110. The van der Waals surface area contributed by atoms with Gasteiger partial charge < -0.3 is 5.32 Å². The maximum absolute atomic E-state index is 12.4. The SMILES string of the molecule is O=C(Nc1cccc([N+](=O)[O-])c1)c1ccc(S(=O)(=O)Nc2ccccc2)cc1. The van der Waals surface area contributed by atoms with Gasteiger partial charge in [-0.25, -0.2) is 8.42 Å². The molecule has 0 saturated heterocycles. The number of nitro groups is 1. The second-order valence-corrected chi connectivity index (χ2v) is 7.44. The van der Waals surface area contributed by atoms with E-state index in [0.717, 1.165) is 0 Å². The van der Waals surface area contributed by atoms with Gasteiger partial charge in [-0.05, 0) is 42.5 Å². The number of carbonyl (C=O) groups is 1. The summed E-state index contributed by atoms with van der Waals surface area (Å²) < 4.78 is 27.2. The van der Waals surface area contributed by atoms with Crippen LogP contribution in [0.15, 0.2) is 83.8 Å². The number of benzene rings is 3. The highest BCUT2D eigenvalue weighted by Crippen LogP contribution is 2.19. The summed E-state index contributed by atoms with van der Waals surface area (Å²) in [5, 5.41) is 13.3. The van der Waals surface area contributed by atoms with Crippen molar-refractivity contribution in [1.29, 1.82) is 0 Å². The van der Waals surface area contributed by atoms with Crippen LogP contribution >= 0.6 is 0 Å². The van der Waals surface area contributed by atoms with Gasteiger partial charge in [-0.2, -0.15) is 0 Å². The molecule has 0 aliphatic rings. The number of rotatable bonds is 6. The van der Waals surface area contributed by atoms with Gasteiger partial charge >= 0.3 is 0 Å². The normalized spacial score (nSPS) is 10.9. The number of hydrogen-bond donors (Lipinski definition) is 2. The molecule has 0 radical (unpaired) electrons. The van der Waals surface area contributed by atoms with Crippen molar-refractivity contribution in [3.63, 3.8) is 0 Å². The molecule has 0 spiro atoms. The van der Waals surface area contributed by atoms with Crippen LogP contribution in [0, 0.1) is 10.1 Å². The number of anilines is 2. The number of sulfonamides is 1. The molecule has 3 rings (SSSR count). The fourth-order valence-corrected chi connectivity index (χ4v) is 3.46. The molecule has 0 aliphatic carbocycles. The average Bonchev–Trinajstić information content (AvgIpc) is 2.68. The van der Waals surface area contributed by atoms with E-state index in [1.807, 2.05) is 0 Å². The molecule has 9 heteroatoms. The second-order valence-electron chi connectivity index (χ2n) is 5.76. The third kappa shape index (κ3) is 4.51. The summed E-state index contributed by atoms with van der Waals surface area (Å²) in [5.41, 5.74) is 0.757. The quantitative estimate of drug-likeness (QED) is 0.486. The lowest BCUT2D eigenvalue weighted by Crippen LogP contribution is -2.14. The van der Waals surface area contributed by atoms with Gasteiger partial charge in [0, 0.05) is 29.1 Å². The zero-order valence-corrected chi connectivity index (χ0v) is 15.2. The van der Waals surface area contributed by atoms with Crippen LogP contribution in [0.1, 0.15) is 10.4 Å². The molecule has 0 bridgehead atoms. The molecule has 0 unspecified atom stereocenters. The Morgan fingerprint density at radius 2 is 1.50 bits per heavy atom. The van der Waals surface area contributed by atoms with Gasteiger partial charge in [-0.3, -0.25) is 19.6 Å². The molecule has 0 fully saturated rings. The Morgan fingerprint density at radius 3 is 2.14 bits per heavy atom. The maximum Gasteiger partial charge on any atom is 0.271 e. The Morgan fingerprint density at radius 1 is 0.857 bits per heavy atom. The zero-order chi connectivity index (χ0) is 20.1. The molecule has 3 aromatic carbocycles. The predicted molar refractivity (Wildman–Crippen MR) is 105 cm³/mol. The Kier molecular flexibility index (Phi) is 5.37. The van der Waals surface area contributed by atoms with Gasteiger partial charge in [0.1, 0.15) is 0 Å². The third-order valence-corrected chi connectivity index (χ3v) is 5.16. The molecule has 8 nitrogen and oxygen atoms in total. The summed E-state index contributed by atoms with van der Waals surface area (Å²) in [4.78, 5) is 22.5. The number of carbonyl (C=O) groups excluding carboxylic acids is 1. The Hall–Kier alpha value is -3.72. The van der Waals surface area contributed by atoms with Crippen molar-refractivity contribution in [2.45, 2.75) is 4.90 Å². The molecule has 0 atom stereocenters. The summed E-state index contributed by atoms with van der Waals surface area (Å²) in [5.74, 6) is -0.513. The van der Waals surface area contributed by atoms with E-state index in [2.05, 4.69) is 10.0 Å². The van der Waals surface area contributed by atoms with Crippen LogP contribution < -0.4 is 10.0 Å². The first kappa shape index (κ1) is 19.1. The second kappa shape index (κ2) is 7.89. The molecular weight excluding hydrogens is 382 g/mol. The molecule has 0 aliphatic heterocycles. The molecule has 1 amide bonds. The number of nitrogens with zero attached hydrogens (tertiary/aromatic N) is 1. The lowest BCUT2D eigenvalue weighted by atomic mass is 10.2. The zero-order valence-electron chi connectivity index (χ0n) is 14.4. The van der Waals surface area contributed by atoms with Crippen molar-refractivity contribution in [2.75, 3.05) is 10.0 Å². The van der Waals surface area contributed by atoms with E-state index in [1.54, 1.807) is 30.3 Å². The first-order valence-corrected chi connectivity index (χ1v) is 9.57. The minimum atomic E-state index is -3.79. The van der Waals surface area contributed by atoms with Crippen molar-refractivity contribution in [3.05, 3.63) is 94.5 Å². The number of amides is 1. The summed E-state index contributed by atoms with van der Waals surface area (Å²) in [6, 6.07) is 19.3. The summed E-state index contributed by atoms with van der Waals surface area (Å²) >= 11 is 0. The smallest absolute Gasteiger partial charge is 0.271 e. The van der Waals surface area contributed by atoms with Gasteiger partial charge in [0.25, 0.3) is 21.6 Å². The van der Waals surface area contributed by atoms with E-state index in [0.29, 0.717) is 5.69 Å². The van der Waals surface area contributed by atoms with Gasteiger partial charge in [0.15, 0.2) is 0 Å². The lowest BCUT2D eigenvalue weighted by molar-refractivity contribution is -0.384. The number of non-ortho nitro benzene ring substituents is 1. The lowest BCUT2D eigenvalue weighted by Gasteiger charge is -2.09. The van der Waals surface area contributed by atoms with E-state index >= 15 is 0 Å². The first-order chi connectivity index (χ1) is 13.3. The highest BCUT2D eigenvalue weighted by Gasteiger charge is 2.15. The minimum Gasteiger partial charge on any atom is -0.322 e. The predicted octanol–water partition coefficient (Wildman–Crippen LogP) is 3.65. The van der Waals surface area contributed by atoms with Crippen molar-refractivity contribution in [1.82, 2.24) is 0 Å². The summed E-state index contributed by atoms with van der Waals surface area (Å²) in [7, 11) is -3.79. The van der Waals surface area contributed by atoms with E-state index in [9.17, 15) is 23.3 Å². The fourth-order valence-electron chi connectivity index (χ4n) is 2.41.